The minimum Gasteiger partial charge on any atom is -0.382 e. The van der Waals surface area contributed by atoms with E-state index in [0.29, 0.717) is 23.9 Å². The number of fused-ring (bicyclic) bond motifs is 1. The van der Waals surface area contributed by atoms with Crippen molar-refractivity contribution in [2.75, 3.05) is 18.1 Å². The van der Waals surface area contributed by atoms with Gasteiger partial charge in [0, 0.05) is 29.8 Å². The summed E-state index contributed by atoms with van der Waals surface area (Å²) in [6.07, 6.45) is 2.89. The molecule has 8 heteroatoms. The third kappa shape index (κ3) is 5.10. The van der Waals surface area contributed by atoms with E-state index < -0.39 is 11.6 Å². The zero-order valence-electron chi connectivity index (χ0n) is 17.7. The molecule has 0 aliphatic heterocycles. The molecule has 0 aliphatic rings. The molecule has 0 aliphatic carbocycles. The van der Waals surface area contributed by atoms with Crippen LogP contribution in [-0.2, 0) is 17.9 Å². The van der Waals surface area contributed by atoms with Gasteiger partial charge in [-0.25, -0.2) is 18.7 Å². The van der Waals surface area contributed by atoms with Gasteiger partial charge in [-0.3, -0.25) is 0 Å². The molecule has 3 aromatic rings. The number of thioether (sulfide) groups is 1. The summed E-state index contributed by atoms with van der Waals surface area (Å²) < 4.78 is 34.5. The molecule has 0 saturated carbocycles. The average Bonchev–Trinajstić information content (AvgIpc) is 3.07. The lowest BCUT2D eigenvalue weighted by Gasteiger charge is -2.12. The third-order valence-electron chi connectivity index (χ3n) is 5.09. The number of hydrogen-bond donors (Lipinski definition) is 1. The molecule has 2 heterocycles. The van der Waals surface area contributed by atoms with Crippen LogP contribution in [0, 0.1) is 25.5 Å². The molecule has 0 radical (unpaired) electrons. The van der Waals surface area contributed by atoms with E-state index in [0.717, 1.165) is 65.7 Å². The van der Waals surface area contributed by atoms with Crippen molar-refractivity contribution >= 4 is 28.6 Å². The Balaban J connectivity index is 1.63. The van der Waals surface area contributed by atoms with Crippen molar-refractivity contribution in [1.82, 2.24) is 14.5 Å². The molecule has 0 spiro atoms. The van der Waals surface area contributed by atoms with Gasteiger partial charge in [0.1, 0.15) is 29.6 Å². The zero-order valence-corrected chi connectivity index (χ0v) is 18.5. The fourth-order valence-electron chi connectivity index (χ4n) is 3.41. The molecule has 0 fully saturated rings. The third-order valence-corrected chi connectivity index (χ3v) is 6.22. The van der Waals surface area contributed by atoms with Gasteiger partial charge in [0.15, 0.2) is 5.82 Å². The Hall–Kier alpha value is -2.19. The second-order valence-electron chi connectivity index (χ2n) is 7.21. The number of nitrogen functional groups attached to an aromatic ring is 1. The van der Waals surface area contributed by atoms with Crippen LogP contribution in [0.1, 0.15) is 43.3 Å². The van der Waals surface area contributed by atoms with Gasteiger partial charge in [0.25, 0.3) is 0 Å². The van der Waals surface area contributed by atoms with Crippen LogP contribution in [0.15, 0.2) is 23.1 Å². The summed E-state index contributed by atoms with van der Waals surface area (Å²) in [4.78, 5) is 9.59. The lowest BCUT2D eigenvalue weighted by Crippen LogP contribution is -2.07. The molecule has 1 aromatic carbocycles. The standard InChI is InChI=1S/C22H28F2N4OS/c1-4-29-13-19-27-20-21(14(2)15(3)26-22(20)25)28(19)10-6-5-7-11-30-18-9-8-16(23)12-17(18)24/h8-9,12H,4-7,10-11,13H2,1-3H3,(H2,25,26). The first kappa shape index (κ1) is 22.5. The van der Waals surface area contributed by atoms with Crippen LogP contribution in [0.3, 0.4) is 0 Å². The number of pyridine rings is 1. The molecule has 2 N–H and O–H groups in total. The van der Waals surface area contributed by atoms with E-state index >= 15 is 0 Å². The quantitative estimate of drug-likeness (QED) is 0.341. The monoisotopic (exact) mass is 434 g/mol. The van der Waals surface area contributed by atoms with Gasteiger partial charge < -0.3 is 15.0 Å². The molecule has 0 saturated heterocycles. The Morgan fingerprint density at radius 2 is 1.93 bits per heavy atom. The van der Waals surface area contributed by atoms with Crippen LogP contribution >= 0.6 is 11.8 Å². The number of ether oxygens (including phenoxy) is 1. The van der Waals surface area contributed by atoms with E-state index in [1.54, 1.807) is 0 Å². The smallest absolute Gasteiger partial charge is 0.151 e. The van der Waals surface area contributed by atoms with Gasteiger partial charge in [-0.05, 0) is 57.1 Å². The Morgan fingerprint density at radius 3 is 2.67 bits per heavy atom. The van der Waals surface area contributed by atoms with Crippen molar-refractivity contribution in [1.29, 1.82) is 0 Å². The van der Waals surface area contributed by atoms with Crippen molar-refractivity contribution in [3.8, 4) is 0 Å². The number of unbranched alkanes of at least 4 members (excludes halogenated alkanes) is 2. The molecule has 162 valence electrons. The maximum Gasteiger partial charge on any atom is 0.151 e. The van der Waals surface area contributed by atoms with Gasteiger partial charge in [0.05, 0.1) is 5.52 Å². The largest absolute Gasteiger partial charge is 0.382 e. The summed E-state index contributed by atoms with van der Waals surface area (Å²) in [5, 5.41) is 0. The maximum atomic E-state index is 13.7. The Morgan fingerprint density at radius 1 is 1.13 bits per heavy atom. The summed E-state index contributed by atoms with van der Waals surface area (Å²) in [5.74, 6) is 1.05. The van der Waals surface area contributed by atoms with Gasteiger partial charge >= 0.3 is 0 Å². The van der Waals surface area contributed by atoms with Crippen molar-refractivity contribution in [2.45, 2.75) is 58.1 Å². The molecule has 0 bridgehead atoms. The van der Waals surface area contributed by atoms with Gasteiger partial charge in [0.2, 0.25) is 0 Å². The van der Waals surface area contributed by atoms with E-state index in [9.17, 15) is 8.78 Å². The minimum absolute atomic E-state index is 0.433. The summed E-state index contributed by atoms with van der Waals surface area (Å²) >= 11 is 1.42. The Labute approximate surface area is 180 Å². The number of aromatic nitrogens is 3. The minimum atomic E-state index is -0.548. The topological polar surface area (TPSA) is 66.0 Å². The first-order valence-corrected chi connectivity index (χ1v) is 11.2. The number of imidazole rings is 1. The lowest BCUT2D eigenvalue weighted by atomic mass is 10.2. The highest BCUT2D eigenvalue weighted by molar-refractivity contribution is 7.99. The molecule has 3 rings (SSSR count). The van der Waals surface area contributed by atoms with E-state index in [1.165, 1.54) is 23.9 Å². The van der Waals surface area contributed by atoms with Gasteiger partial charge in [-0.1, -0.05) is 6.42 Å². The van der Waals surface area contributed by atoms with E-state index in [2.05, 4.69) is 9.55 Å². The number of anilines is 1. The SMILES string of the molecule is CCOCc1nc2c(N)nc(C)c(C)c2n1CCCCCSc1ccc(F)cc1F. The van der Waals surface area contributed by atoms with Crippen LogP contribution in [0.2, 0.25) is 0 Å². The predicted molar refractivity (Wildman–Crippen MR) is 118 cm³/mol. The number of nitrogens with zero attached hydrogens (tertiary/aromatic N) is 3. The Bertz CT molecular complexity index is 1020. The average molecular weight is 435 g/mol. The van der Waals surface area contributed by atoms with Crippen LogP contribution in [0.5, 0.6) is 0 Å². The fourth-order valence-corrected chi connectivity index (χ4v) is 4.34. The van der Waals surface area contributed by atoms with Crippen molar-refractivity contribution in [2.24, 2.45) is 0 Å². The normalized spacial score (nSPS) is 11.5. The highest BCUT2D eigenvalue weighted by Crippen LogP contribution is 2.27. The summed E-state index contributed by atoms with van der Waals surface area (Å²) in [7, 11) is 0. The molecule has 30 heavy (non-hydrogen) atoms. The van der Waals surface area contributed by atoms with Crippen molar-refractivity contribution in [3.05, 3.63) is 46.9 Å². The second-order valence-corrected chi connectivity index (χ2v) is 8.34. The molecule has 0 atom stereocenters. The first-order valence-electron chi connectivity index (χ1n) is 10.2. The first-order chi connectivity index (χ1) is 14.4. The van der Waals surface area contributed by atoms with Crippen LogP contribution < -0.4 is 5.73 Å². The van der Waals surface area contributed by atoms with E-state index in [1.807, 2.05) is 20.8 Å². The van der Waals surface area contributed by atoms with Gasteiger partial charge in [-0.15, -0.1) is 11.8 Å². The summed E-state index contributed by atoms with van der Waals surface area (Å²) in [5.41, 5.74) is 9.87. The number of nitrogens with two attached hydrogens (primary N) is 1. The maximum absolute atomic E-state index is 13.7. The second kappa shape index (κ2) is 10.2. The number of aryl methyl sites for hydroxylation is 3. The fraction of sp³-hybridized carbons (Fsp3) is 0.455. The number of rotatable bonds is 10. The van der Waals surface area contributed by atoms with Crippen molar-refractivity contribution in [3.63, 3.8) is 0 Å². The van der Waals surface area contributed by atoms with Crippen LogP contribution in [0.4, 0.5) is 14.6 Å². The Kier molecular flexibility index (Phi) is 7.66. The van der Waals surface area contributed by atoms with Crippen LogP contribution in [-0.4, -0.2) is 26.9 Å². The molecule has 0 amide bonds. The molecular weight excluding hydrogens is 406 g/mol. The number of hydrogen-bond acceptors (Lipinski definition) is 5. The summed E-state index contributed by atoms with van der Waals surface area (Å²) in [6, 6.07) is 3.72. The lowest BCUT2D eigenvalue weighted by molar-refractivity contribution is 0.126. The number of halogens is 2. The highest BCUT2D eigenvalue weighted by atomic mass is 32.2. The molecule has 2 aromatic heterocycles. The van der Waals surface area contributed by atoms with Crippen LogP contribution in [0.25, 0.3) is 11.0 Å². The van der Waals surface area contributed by atoms with Crippen molar-refractivity contribution < 1.29 is 13.5 Å². The molecule has 5 nitrogen and oxygen atoms in total. The molecular formula is C22H28F2N4OS. The van der Waals surface area contributed by atoms with Gasteiger partial charge in [-0.2, -0.15) is 0 Å². The van der Waals surface area contributed by atoms with E-state index in [-0.39, 0.29) is 0 Å². The molecule has 0 unspecified atom stereocenters. The zero-order chi connectivity index (χ0) is 21.7. The van der Waals surface area contributed by atoms with E-state index in [4.69, 9.17) is 15.5 Å². The predicted octanol–water partition coefficient (Wildman–Crippen LogP) is 5.41. The summed E-state index contributed by atoms with van der Waals surface area (Å²) in [6.45, 7) is 7.81. The number of benzene rings is 1. The highest BCUT2D eigenvalue weighted by Gasteiger charge is 2.17.